The molecule has 0 spiro atoms. The summed E-state index contributed by atoms with van der Waals surface area (Å²) in [5.41, 5.74) is 5.38. The highest BCUT2D eigenvalue weighted by Crippen LogP contribution is 2.29. The van der Waals surface area contributed by atoms with Crippen molar-refractivity contribution in [1.82, 2.24) is 9.97 Å². The number of aromatic amines is 1. The largest absolute Gasteiger partial charge is 0.417 e. The second-order valence-electron chi connectivity index (χ2n) is 9.86. The van der Waals surface area contributed by atoms with E-state index in [1.165, 1.54) is 22.5 Å². The van der Waals surface area contributed by atoms with E-state index in [2.05, 4.69) is 43.4 Å². The Labute approximate surface area is 244 Å². The van der Waals surface area contributed by atoms with Gasteiger partial charge in [0.25, 0.3) is 11.8 Å². The molecule has 0 radical (unpaired) electrons. The number of ether oxygens (including phenoxy) is 1. The summed E-state index contributed by atoms with van der Waals surface area (Å²) in [4.78, 5) is 45.2. The lowest BCUT2D eigenvalue weighted by molar-refractivity contribution is 0.101. The molecule has 12 heteroatoms. The number of amides is 2. The number of carbonyl (C=O) groups is 2. The highest BCUT2D eigenvalue weighted by atomic mass is 32.1. The highest BCUT2D eigenvalue weighted by molar-refractivity contribution is 7.17. The van der Waals surface area contributed by atoms with Crippen molar-refractivity contribution in [2.24, 2.45) is 0 Å². The van der Waals surface area contributed by atoms with Crippen molar-refractivity contribution in [2.45, 2.75) is 18.9 Å². The van der Waals surface area contributed by atoms with Gasteiger partial charge >= 0.3 is 5.76 Å². The Morgan fingerprint density at radius 3 is 2.62 bits per heavy atom. The Balaban J connectivity index is 1.16. The second kappa shape index (κ2) is 11.9. The van der Waals surface area contributed by atoms with Gasteiger partial charge in [0.15, 0.2) is 10.7 Å². The molecule has 6 rings (SSSR count). The van der Waals surface area contributed by atoms with Crippen molar-refractivity contribution >= 4 is 56.4 Å². The first-order valence-electron chi connectivity index (χ1n) is 13.4. The molecule has 0 fully saturated rings. The molecule has 5 N–H and O–H groups in total. The molecule has 214 valence electrons. The molecule has 42 heavy (non-hydrogen) atoms. The molecule has 3 aromatic carbocycles. The Morgan fingerprint density at radius 2 is 1.83 bits per heavy atom. The van der Waals surface area contributed by atoms with Gasteiger partial charge in [-0.15, -0.1) is 0 Å². The third-order valence-electron chi connectivity index (χ3n) is 6.94. The van der Waals surface area contributed by atoms with Gasteiger partial charge in [0, 0.05) is 37.0 Å². The van der Waals surface area contributed by atoms with E-state index in [1.54, 1.807) is 49.7 Å². The third-order valence-corrected chi connectivity index (χ3v) is 7.87. The normalized spacial score (nSPS) is 12.7. The van der Waals surface area contributed by atoms with Gasteiger partial charge in [0.1, 0.15) is 4.88 Å². The molecular weight excluding hydrogens is 556 g/mol. The van der Waals surface area contributed by atoms with Crippen LogP contribution >= 0.6 is 11.3 Å². The number of fused-ring (bicyclic) bond motifs is 2. The summed E-state index contributed by atoms with van der Waals surface area (Å²) < 4.78 is 10.2. The van der Waals surface area contributed by atoms with Crippen LogP contribution < -0.4 is 27.0 Å². The lowest BCUT2D eigenvalue weighted by Gasteiger charge is -2.14. The predicted molar refractivity (Wildman–Crippen MR) is 163 cm³/mol. The average molecular weight is 585 g/mol. The maximum Gasteiger partial charge on any atom is 0.417 e. The topological polar surface area (TPSA) is 150 Å². The zero-order chi connectivity index (χ0) is 29.1. The van der Waals surface area contributed by atoms with E-state index in [9.17, 15) is 14.4 Å². The number of nitrogens with zero attached hydrogens (tertiary/aromatic N) is 1. The fraction of sp³-hybridized carbons (Fsp3) is 0.200. The van der Waals surface area contributed by atoms with E-state index < -0.39 is 11.7 Å². The molecule has 11 nitrogen and oxygen atoms in total. The third kappa shape index (κ3) is 6.04. The van der Waals surface area contributed by atoms with Gasteiger partial charge < -0.3 is 30.4 Å². The minimum Gasteiger partial charge on any atom is -0.408 e. The van der Waals surface area contributed by atoms with Gasteiger partial charge in [-0.05, 0) is 54.3 Å². The molecule has 0 bridgehead atoms. The first kappa shape index (κ1) is 27.2. The van der Waals surface area contributed by atoms with Gasteiger partial charge in [0.05, 0.1) is 29.7 Å². The number of benzene rings is 3. The maximum absolute atomic E-state index is 13.3. The number of thiazole rings is 1. The van der Waals surface area contributed by atoms with Crippen LogP contribution in [0.3, 0.4) is 0 Å². The second-order valence-corrected chi connectivity index (χ2v) is 10.9. The number of H-pyrrole nitrogens is 1. The maximum atomic E-state index is 13.3. The van der Waals surface area contributed by atoms with Crippen LogP contribution in [0, 0.1) is 0 Å². The Morgan fingerprint density at radius 1 is 1.02 bits per heavy atom. The summed E-state index contributed by atoms with van der Waals surface area (Å²) in [6, 6.07) is 18.5. The van der Waals surface area contributed by atoms with Gasteiger partial charge in [0.2, 0.25) is 0 Å². The standard InChI is InChI=1S/C30H28N6O5S/c1-40-11-10-31-22-8-6-19(27(37)33-20-7-9-23-25(15-20)41-30(39)36-23)14-24(22)35-28(38)26-16-32-29(42-26)34-21-12-17-4-2-3-5-18(17)13-21/h2-9,14-16,21,31H,10-13H2,1H3,(H,32,34)(H,33,37)(H,35,38)(H,36,39). The van der Waals surface area contributed by atoms with Crippen LogP contribution in [0.1, 0.15) is 31.2 Å². The molecule has 2 aromatic heterocycles. The fourth-order valence-corrected chi connectivity index (χ4v) is 5.71. The van der Waals surface area contributed by atoms with Crippen molar-refractivity contribution in [2.75, 3.05) is 41.5 Å². The molecule has 0 aliphatic heterocycles. The van der Waals surface area contributed by atoms with Crippen LogP contribution in [0.25, 0.3) is 11.1 Å². The van der Waals surface area contributed by atoms with E-state index >= 15 is 0 Å². The Bertz CT molecular complexity index is 1800. The van der Waals surface area contributed by atoms with Crippen LogP contribution in [0.4, 0.5) is 22.2 Å². The molecular formula is C30H28N6O5S. The number of oxazole rings is 1. The van der Waals surface area contributed by atoms with Crippen molar-refractivity contribution in [3.63, 3.8) is 0 Å². The lowest BCUT2D eigenvalue weighted by atomic mass is 10.1. The van der Waals surface area contributed by atoms with Crippen molar-refractivity contribution in [1.29, 1.82) is 0 Å². The van der Waals surface area contributed by atoms with Gasteiger partial charge in [-0.2, -0.15) is 0 Å². The summed E-state index contributed by atoms with van der Waals surface area (Å²) in [6.45, 7) is 0.966. The molecule has 1 aliphatic rings. The number of anilines is 4. The number of methoxy groups -OCH3 is 1. The van der Waals surface area contributed by atoms with E-state index in [4.69, 9.17) is 9.15 Å². The molecule has 0 unspecified atom stereocenters. The number of carbonyl (C=O) groups excluding carboxylic acids is 2. The van der Waals surface area contributed by atoms with Crippen LogP contribution in [0.2, 0.25) is 0 Å². The smallest absolute Gasteiger partial charge is 0.408 e. The number of hydrogen-bond acceptors (Lipinski definition) is 9. The number of nitrogens with one attached hydrogen (secondary N) is 5. The zero-order valence-corrected chi connectivity index (χ0v) is 23.5. The van der Waals surface area contributed by atoms with Crippen LogP contribution in [0.15, 0.2) is 76.1 Å². The van der Waals surface area contributed by atoms with Crippen LogP contribution in [-0.4, -0.2) is 48.1 Å². The number of aromatic nitrogens is 2. The molecule has 0 saturated carbocycles. The monoisotopic (exact) mass is 584 g/mol. The molecule has 1 aliphatic carbocycles. The Kier molecular flexibility index (Phi) is 7.71. The summed E-state index contributed by atoms with van der Waals surface area (Å²) in [5.74, 6) is -1.30. The molecule has 0 atom stereocenters. The highest BCUT2D eigenvalue weighted by Gasteiger charge is 2.22. The summed E-state index contributed by atoms with van der Waals surface area (Å²) in [6.07, 6.45) is 3.38. The Hall–Kier alpha value is -4.94. The number of rotatable bonds is 10. The summed E-state index contributed by atoms with van der Waals surface area (Å²) in [7, 11) is 1.60. The summed E-state index contributed by atoms with van der Waals surface area (Å²) >= 11 is 1.28. The first-order valence-corrected chi connectivity index (χ1v) is 14.2. The summed E-state index contributed by atoms with van der Waals surface area (Å²) in [5, 5.41) is 13.1. The fourth-order valence-electron chi connectivity index (χ4n) is 4.92. The molecule has 5 aromatic rings. The lowest BCUT2D eigenvalue weighted by Crippen LogP contribution is -2.19. The van der Waals surface area contributed by atoms with E-state index in [0.29, 0.717) is 56.9 Å². The van der Waals surface area contributed by atoms with E-state index in [0.717, 1.165) is 12.8 Å². The van der Waals surface area contributed by atoms with E-state index in [1.807, 2.05) is 12.1 Å². The SMILES string of the molecule is COCCNc1ccc(C(=O)Nc2ccc3[nH]c(=O)oc3c2)cc1NC(=O)c1cnc(NC2Cc3ccccc3C2)s1. The number of hydrogen-bond donors (Lipinski definition) is 5. The minimum atomic E-state index is -0.571. The molecule has 2 amide bonds. The van der Waals surface area contributed by atoms with Crippen molar-refractivity contribution in [3.05, 3.63) is 99.0 Å². The molecule has 2 heterocycles. The van der Waals surface area contributed by atoms with Gasteiger partial charge in [-0.1, -0.05) is 35.6 Å². The van der Waals surface area contributed by atoms with Crippen molar-refractivity contribution < 1.29 is 18.7 Å². The zero-order valence-electron chi connectivity index (χ0n) is 22.7. The van der Waals surface area contributed by atoms with E-state index in [-0.39, 0.29) is 11.9 Å². The minimum absolute atomic E-state index is 0.227. The van der Waals surface area contributed by atoms with Crippen LogP contribution in [0.5, 0.6) is 0 Å². The van der Waals surface area contributed by atoms with Crippen molar-refractivity contribution in [3.8, 4) is 0 Å². The predicted octanol–water partition coefficient (Wildman–Crippen LogP) is 4.72. The van der Waals surface area contributed by atoms with Crippen LogP contribution in [-0.2, 0) is 17.6 Å². The quantitative estimate of drug-likeness (QED) is 0.148. The van der Waals surface area contributed by atoms with Gasteiger partial charge in [-0.3, -0.25) is 14.6 Å². The molecule has 0 saturated heterocycles. The average Bonchev–Trinajstić information content (AvgIpc) is 3.71. The van der Waals surface area contributed by atoms with Gasteiger partial charge in [-0.25, -0.2) is 9.78 Å². The first-order chi connectivity index (χ1) is 20.4.